The lowest BCUT2D eigenvalue weighted by molar-refractivity contribution is -0.115. The molecule has 10 heteroatoms. The van der Waals surface area contributed by atoms with Crippen molar-refractivity contribution < 1.29 is 19.1 Å². The molecule has 4 rings (SSSR count). The molecule has 10 nitrogen and oxygen atoms in total. The number of methoxy groups -OCH3 is 1. The summed E-state index contributed by atoms with van der Waals surface area (Å²) in [5.74, 6) is -0.301. The molecule has 2 aromatic heterocycles. The summed E-state index contributed by atoms with van der Waals surface area (Å²) in [6.45, 7) is 10.3. The molecule has 0 aliphatic carbocycles. The van der Waals surface area contributed by atoms with Crippen LogP contribution in [0.4, 0.5) is 11.4 Å². The quantitative estimate of drug-likeness (QED) is 0.539. The standard InChI is InChI=1S/C25H30N6O4/c1-15-12-16(2)27-25(26-15)31-18(4)20(17(3)29-31)14-23(32)28-22-7-6-19(13-21(22)24(33)34-5)30-8-10-35-11-9-30/h6-7,12-13H,8-11,14H2,1-5H3,(H,28,32). The maximum absolute atomic E-state index is 13.0. The van der Waals surface area contributed by atoms with Crippen LogP contribution >= 0.6 is 0 Å². The molecule has 3 heterocycles. The molecule has 0 radical (unpaired) electrons. The number of benzene rings is 1. The molecule has 1 N–H and O–H groups in total. The Morgan fingerprint density at radius 1 is 1.06 bits per heavy atom. The number of esters is 1. The number of anilines is 2. The minimum atomic E-state index is -0.512. The molecular formula is C25H30N6O4. The van der Waals surface area contributed by atoms with Gasteiger partial charge in [0.25, 0.3) is 5.95 Å². The van der Waals surface area contributed by atoms with Crippen LogP contribution in [-0.4, -0.2) is 65.0 Å². The Morgan fingerprint density at radius 3 is 2.40 bits per heavy atom. The summed E-state index contributed by atoms with van der Waals surface area (Å²) >= 11 is 0. The zero-order valence-corrected chi connectivity index (χ0v) is 20.7. The second kappa shape index (κ2) is 10.2. The molecule has 1 saturated heterocycles. The average Bonchev–Trinajstić information content (AvgIpc) is 3.12. The van der Waals surface area contributed by atoms with Crippen molar-refractivity contribution in [2.75, 3.05) is 43.6 Å². The van der Waals surface area contributed by atoms with Gasteiger partial charge >= 0.3 is 5.97 Å². The van der Waals surface area contributed by atoms with Crippen molar-refractivity contribution in [3.05, 3.63) is 58.2 Å². The number of aromatic nitrogens is 4. The van der Waals surface area contributed by atoms with E-state index in [4.69, 9.17) is 9.47 Å². The summed E-state index contributed by atoms with van der Waals surface area (Å²) in [6.07, 6.45) is 0.0916. The molecular weight excluding hydrogens is 448 g/mol. The molecule has 35 heavy (non-hydrogen) atoms. The first-order valence-electron chi connectivity index (χ1n) is 11.5. The third kappa shape index (κ3) is 5.32. The van der Waals surface area contributed by atoms with Gasteiger partial charge in [-0.3, -0.25) is 4.79 Å². The smallest absolute Gasteiger partial charge is 0.340 e. The number of nitrogens with one attached hydrogen (secondary N) is 1. The normalized spacial score (nSPS) is 13.6. The van der Waals surface area contributed by atoms with Gasteiger partial charge in [-0.05, 0) is 52.0 Å². The second-order valence-corrected chi connectivity index (χ2v) is 8.56. The SMILES string of the molecule is COC(=O)c1cc(N2CCOCC2)ccc1NC(=O)Cc1c(C)nn(-c2nc(C)cc(C)n2)c1C. The zero-order valence-electron chi connectivity index (χ0n) is 20.7. The van der Waals surface area contributed by atoms with Gasteiger partial charge in [0.2, 0.25) is 5.91 Å². The number of amides is 1. The summed E-state index contributed by atoms with van der Waals surface area (Å²) in [5.41, 5.74) is 5.57. The number of carbonyl (C=O) groups excluding carboxylic acids is 2. The van der Waals surface area contributed by atoms with Crippen molar-refractivity contribution in [2.45, 2.75) is 34.1 Å². The van der Waals surface area contributed by atoms with Gasteiger partial charge < -0.3 is 19.7 Å². The van der Waals surface area contributed by atoms with E-state index >= 15 is 0 Å². The third-order valence-electron chi connectivity index (χ3n) is 6.00. The van der Waals surface area contributed by atoms with Crippen molar-refractivity contribution in [3.8, 4) is 5.95 Å². The monoisotopic (exact) mass is 478 g/mol. The Balaban J connectivity index is 1.56. The summed E-state index contributed by atoms with van der Waals surface area (Å²) in [5, 5.41) is 7.44. The van der Waals surface area contributed by atoms with Crippen LogP contribution in [0.2, 0.25) is 0 Å². The number of aryl methyl sites for hydroxylation is 3. The van der Waals surface area contributed by atoms with Gasteiger partial charge in [0, 0.05) is 41.4 Å². The number of morpholine rings is 1. The lowest BCUT2D eigenvalue weighted by atomic mass is 10.1. The zero-order chi connectivity index (χ0) is 25.1. The van der Waals surface area contributed by atoms with E-state index in [9.17, 15) is 9.59 Å². The van der Waals surface area contributed by atoms with Crippen LogP contribution in [0, 0.1) is 27.7 Å². The largest absolute Gasteiger partial charge is 0.465 e. The number of carbonyl (C=O) groups is 2. The van der Waals surface area contributed by atoms with Crippen LogP contribution in [0.15, 0.2) is 24.3 Å². The topological polar surface area (TPSA) is 111 Å². The van der Waals surface area contributed by atoms with Gasteiger partial charge in [-0.15, -0.1) is 0 Å². The van der Waals surface area contributed by atoms with Crippen molar-refractivity contribution in [1.29, 1.82) is 0 Å². The van der Waals surface area contributed by atoms with Crippen molar-refractivity contribution >= 4 is 23.3 Å². The fourth-order valence-corrected chi connectivity index (χ4v) is 4.22. The Bertz CT molecular complexity index is 1240. The van der Waals surface area contributed by atoms with Crippen LogP contribution in [0.3, 0.4) is 0 Å². The molecule has 1 fully saturated rings. The molecule has 184 valence electrons. The molecule has 1 aromatic carbocycles. The van der Waals surface area contributed by atoms with Crippen molar-refractivity contribution in [1.82, 2.24) is 19.7 Å². The first-order chi connectivity index (χ1) is 16.8. The molecule has 0 unspecified atom stereocenters. The van der Waals surface area contributed by atoms with E-state index in [1.54, 1.807) is 16.8 Å². The number of hydrogen-bond donors (Lipinski definition) is 1. The molecule has 0 spiro atoms. The van der Waals surface area contributed by atoms with Crippen LogP contribution < -0.4 is 10.2 Å². The lowest BCUT2D eigenvalue weighted by Crippen LogP contribution is -2.36. The first kappa shape index (κ1) is 24.3. The maximum atomic E-state index is 13.0. The van der Waals surface area contributed by atoms with Crippen molar-refractivity contribution in [2.24, 2.45) is 0 Å². The minimum Gasteiger partial charge on any atom is -0.465 e. The van der Waals surface area contributed by atoms with Gasteiger partial charge in [-0.1, -0.05) is 0 Å². The second-order valence-electron chi connectivity index (χ2n) is 8.56. The van der Waals surface area contributed by atoms with Crippen LogP contribution in [0.1, 0.15) is 38.7 Å². The van der Waals surface area contributed by atoms with E-state index < -0.39 is 5.97 Å². The highest BCUT2D eigenvalue weighted by Gasteiger charge is 2.21. The van der Waals surface area contributed by atoms with Gasteiger partial charge in [0.05, 0.1) is 43.7 Å². The highest BCUT2D eigenvalue weighted by Crippen LogP contribution is 2.26. The number of ether oxygens (including phenoxy) is 2. The summed E-state index contributed by atoms with van der Waals surface area (Å²) < 4.78 is 12.0. The predicted molar refractivity (Wildman–Crippen MR) is 131 cm³/mol. The molecule has 0 bridgehead atoms. The molecule has 3 aromatic rings. The molecule has 1 amide bonds. The van der Waals surface area contributed by atoms with E-state index in [-0.39, 0.29) is 12.3 Å². The van der Waals surface area contributed by atoms with Crippen LogP contribution in [-0.2, 0) is 20.7 Å². The highest BCUT2D eigenvalue weighted by molar-refractivity contribution is 6.02. The van der Waals surface area contributed by atoms with Gasteiger partial charge in [-0.2, -0.15) is 5.10 Å². The van der Waals surface area contributed by atoms with Gasteiger partial charge in [0.15, 0.2) is 0 Å². The summed E-state index contributed by atoms with van der Waals surface area (Å²) in [6, 6.07) is 7.27. The van der Waals surface area contributed by atoms with E-state index in [1.165, 1.54) is 7.11 Å². The molecule has 1 aliphatic rings. The summed E-state index contributed by atoms with van der Waals surface area (Å²) in [4.78, 5) is 36.6. The third-order valence-corrected chi connectivity index (χ3v) is 6.00. The lowest BCUT2D eigenvalue weighted by Gasteiger charge is -2.29. The van der Waals surface area contributed by atoms with Crippen molar-refractivity contribution in [3.63, 3.8) is 0 Å². The Labute approximate surface area is 204 Å². The van der Waals surface area contributed by atoms with E-state index in [0.717, 1.165) is 47.1 Å². The number of rotatable bonds is 6. The maximum Gasteiger partial charge on any atom is 0.340 e. The fraction of sp³-hybridized carbons (Fsp3) is 0.400. The minimum absolute atomic E-state index is 0.0916. The number of nitrogens with zero attached hydrogens (tertiary/aromatic N) is 5. The Hall–Kier alpha value is -3.79. The fourth-order valence-electron chi connectivity index (χ4n) is 4.22. The van der Waals surface area contributed by atoms with Gasteiger partial charge in [0.1, 0.15) is 0 Å². The number of hydrogen-bond acceptors (Lipinski definition) is 8. The predicted octanol–water partition coefficient (Wildman–Crippen LogP) is 2.70. The first-order valence-corrected chi connectivity index (χ1v) is 11.5. The van der Waals surface area contributed by atoms with E-state index in [2.05, 4.69) is 25.3 Å². The van der Waals surface area contributed by atoms with Crippen LogP contribution in [0.5, 0.6) is 0 Å². The molecule has 0 atom stereocenters. The average molecular weight is 479 g/mol. The van der Waals surface area contributed by atoms with Crippen LogP contribution in [0.25, 0.3) is 5.95 Å². The van der Waals surface area contributed by atoms with Gasteiger partial charge in [-0.25, -0.2) is 19.4 Å². The van der Waals surface area contributed by atoms with E-state index in [0.29, 0.717) is 30.4 Å². The Morgan fingerprint density at radius 2 is 1.74 bits per heavy atom. The summed E-state index contributed by atoms with van der Waals surface area (Å²) in [7, 11) is 1.32. The highest BCUT2D eigenvalue weighted by atomic mass is 16.5. The molecule has 0 saturated carbocycles. The molecule has 1 aliphatic heterocycles. The Kier molecular flexibility index (Phi) is 7.11. The van der Waals surface area contributed by atoms with E-state index in [1.807, 2.05) is 39.8 Å².